The SMILES string of the molecule is CC(O)[C@H]1CC[C@H]2[C@@H]3CCC4C[C@@](O)(COCc5ncc[nH]5)CC[C@]4(C)[C@H]3CC[C@]12C. The van der Waals surface area contributed by atoms with Gasteiger partial charge in [0.05, 0.1) is 18.3 Å². The van der Waals surface area contributed by atoms with Crippen molar-refractivity contribution in [3.05, 3.63) is 18.2 Å². The quantitative estimate of drug-likeness (QED) is 0.633. The van der Waals surface area contributed by atoms with Gasteiger partial charge in [-0.15, -0.1) is 0 Å². The second-order valence-electron chi connectivity index (χ2n) is 12.1. The third-order valence-electron chi connectivity index (χ3n) is 10.6. The molecule has 4 saturated carbocycles. The van der Waals surface area contributed by atoms with Crippen LogP contribution in [0, 0.1) is 40.4 Å². The summed E-state index contributed by atoms with van der Waals surface area (Å²) in [6.07, 6.45) is 13.8. The minimum absolute atomic E-state index is 0.177. The van der Waals surface area contributed by atoms with E-state index in [2.05, 4.69) is 23.8 Å². The molecule has 4 aliphatic carbocycles. The molecule has 2 unspecified atom stereocenters. The largest absolute Gasteiger partial charge is 0.393 e. The van der Waals surface area contributed by atoms with Gasteiger partial charge < -0.3 is 19.9 Å². The second-order valence-corrected chi connectivity index (χ2v) is 12.1. The Morgan fingerprint density at radius 3 is 2.65 bits per heavy atom. The van der Waals surface area contributed by atoms with Crippen LogP contribution in [-0.2, 0) is 11.3 Å². The van der Waals surface area contributed by atoms with Crippen molar-refractivity contribution in [2.45, 2.75) is 96.9 Å². The van der Waals surface area contributed by atoms with Crippen LogP contribution in [0.4, 0.5) is 0 Å². The predicted octanol–water partition coefficient (Wildman–Crippen LogP) is 4.70. The van der Waals surface area contributed by atoms with E-state index in [1.807, 2.05) is 6.92 Å². The molecule has 0 amide bonds. The number of fused-ring (bicyclic) bond motifs is 5. The molecular weight excluding hydrogens is 388 g/mol. The van der Waals surface area contributed by atoms with Gasteiger partial charge in [-0.05, 0) is 105 Å². The number of nitrogens with zero attached hydrogens (tertiary/aromatic N) is 1. The zero-order valence-electron chi connectivity index (χ0n) is 19.6. The van der Waals surface area contributed by atoms with Crippen molar-refractivity contribution in [2.24, 2.45) is 40.4 Å². The topological polar surface area (TPSA) is 78.4 Å². The first-order valence-corrected chi connectivity index (χ1v) is 12.7. The molecule has 5 rings (SSSR count). The van der Waals surface area contributed by atoms with E-state index in [1.165, 1.54) is 38.5 Å². The molecule has 0 saturated heterocycles. The monoisotopic (exact) mass is 430 g/mol. The van der Waals surface area contributed by atoms with Gasteiger partial charge in [0.2, 0.25) is 0 Å². The number of hydrogen-bond acceptors (Lipinski definition) is 4. The number of nitrogens with one attached hydrogen (secondary N) is 1. The number of aromatic nitrogens is 2. The number of imidazole rings is 1. The Bertz CT molecular complexity index is 767. The molecule has 9 atom stereocenters. The second kappa shape index (κ2) is 7.85. The first-order chi connectivity index (χ1) is 14.8. The Morgan fingerprint density at radius 2 is 1.90 bits per heavy atom. The molecule has 1 aromatic heterocycles. The Labute approximate surface area is 187 Å². The van der Waals surface area contributed by atoms with Crippen molar-refractivity contribution in [3.8, 4) is 0 Å². The zero-order valence-corrected chi connectivity index (χ0v) is 19.6. The standard InChI is InChI=1S/C26H42N2O3/c1-17(29)20-6-7-21-19-5-4-18-14-26(30,16-31-15-23-27-12-13-28-23)11-10-24(18,2)22(19)8-9-25(20,21)3/h12-13,17-22,29-30H,4-11,14-16H2,1-3H3,(H,27,28)/t17?,18?,19-,20+,21-,22-,24-,25+,26+/m0/s1. The summed E-state index contributed by atoms with van der Waals surface area (Å²) in [7, 11) is 0. The van der Waals surface area contributed by atoms with Crippen LogP contribution in [0.5, 0.6) is 0 Å². The highest BCUT2D eigenvalue weighted by Gasteiger charge is 2.61. The molecule has 174 valence electrons. The van der Waals surface area contributed by atoms with Crippen LogP contribution in [0.2, 0.25) is 0 Å². The van der Waals surface area contributed by atoms with Crippen molar-refractivity contribution in [2.75, 3.05) is 6.61 Å². The Morgan fingerprint density at radius 1 is 1.10 bits per heavy atom. The van der Waals surface area contributed by atoms with Crippen LogP contribution >= 0.6 is 0 Å². The van der Waals surface area contributed by atoms with Gasteiger partial charge in [-0.1, -0.05) is 13.8 Å². The summed E-state index contributed by atoms with van der Waals surface area (Å²) in [5.41, 5.74) is -0.0222. The van der Waals surface area contributed by atoms with Crippen molar-refractivity contribution in [3.63, 3.8) is 0 Å². The van der Waals surface area contributed by atoms with Crippen LogP contribution < -0.4 is 0 Å². The number of aromatic amines is 1. The highest BCUT2D eigenvalue weighted by molar-refractivity contribution is 5.11. The molecule has 5 heteroatoms. The predicted molar refractivity (Wildman–Crippen MR) is 120 cm³/mol. The van der Waals surface area contributed by atoms with Gasteiger partial charge in [0.1, 0.15) is 12.4 Å². The molecule has 31 heavy (non-hydrogen) atoms. The van der Waals surface area contributed by atoms with Crippen molar-refractivity contribution in [1.29, 1.82) is 0 Å². The lowest BCUT2D eigenvalue weighted by Gasteiger charge is -2.62. The van der Waals surface area contributed by atoms with Gasteiger partial charge >= 0.3 is 0 Å². The van der Waals surface area contributed by atoms with Gasteiger partial charge in [-0.2, -0.15) is 0 Å². The van der Waals surface area contributed by atoms with E-state index in [0.29, 0.717) is 35.9 Å². The number of aliphatic hydroxyl groups excluding tert-OH is 1. The fourth-order valence-corrected chi connectivity index (χ4v) is 9.00. The molecule has 0 radical (unpaired) electrons. The molecule has 0 aliphatic heterocycles. The van der Waals surface area contributed by atoms with Gasteiger partial charge in [-0.3, -0.25) is 0 Å². The summed E-state index contributed by atoms with van der Waals surface area (Å²) in [4.78, 5) is 7.28. The molecule has 0 aromatic carbocycles. The lowest BCUT2D eigenvalue weighted by Crippen LogP contribution is -2.57. The molecule has 5 nitrogen and oxygen atoms in total. The molecule has 1 heterocycles. The van der Waals surface area contributed by atoms with Crippen LogP contribution in [-0.4, -0.2) is 38.5 Å². The summed E-state index contributed by atoms with van der Waals surface area (Å²) < 4.78 is 5.88. The lowest BCUT2D eigenvalue weighted by atomic mass is 9.44. The third kappa shape index (κ3) is 3.59. The van der Waals surface area contributed by atoms with Gasteiger partial charge in [0.15, 0.2) is 0 Å². The van der Waals surface area contributed by atoms with Gasteiger partial charge in [0, 0.05) is 12.4 Å². The fraction of sp³-hybridized carbons (Fsp3) is 0.885. The Balaban J connectivity index is 1.26. The van der Waals surface area contributed by atoms with Crippen LogP contribution in [0.3, 0.4) is 0 Å². The Kier molecular flexibility index (Phi) is 5.55. The maximum Gasteiger partial charge on any atom is 0.132 e. The van der Waals surface area contributed by atoms with E-state index in [0.717, 1.165) is 42.8 Å². The molecule has 4 aliphatic rings. The minimum atomic E-state index is -0.697. The van der Waals surface area contributed by atoms with Crippen molar-refractivity contribution in [1.82, 2.24) is 9.97 Å². The summed E-state index contributed by atoms with van der Waals surface area (Å²) in [5.74, 6) is 4.27. The van der Waals surface area contributed by atoms with E-state index < -0.39 is 5.60 Å². The van der Waals surface area contributed by atoms with E-state index in [9.17, 15) is 10.2 Å². The summed E-state index contributed by atoms with van der Waals surface area (Å²) in [5, 5.41) is 21.8. The number of ether oxygens (including phenoxy) is 1. The number of hydrogen-bond donors (Lipinski definition) is 3. The molecule has 1 aromatic rings. The van der Waals surface area contributed by atoms with E-state index in [1.54, 1.807) is 12.4 Å². The summed E-state index contributed by atoms with van der Waals surface area (Å²) in [6.45, 7) is 7.89. The maximum absolute atomic E-state index is 11.4. The lowest BCUT2D eigenvalue weighted by molar-refractivity contribution is -0.168. The maximum atomic E-state index is 11.4. The molecule has 3 N–H and O–H groups in total. The van der Waals surface area contributed by atoms with E-state index in [4.69, 9.17) is 4.74 Å². The van der Waals surface area contributed by atoms with E-state index >= 15 is 0 Å². The average molecular weight is 431 g/mol. The number of rotatable bonds is 5. The van der Waals surface area contributed by atoms with Crippen molar-refractivity contribution >= 4 is 0 Å². The van der Waals surface area contributed by atoms with Crippen LogP contribution in [0.25, 0.3) is 0 Å². The fourth-order valence-electron chi connectivity index (χ4n) is 9.00. The van der Waals surface area contributed by atoms with Crippen LogP contribution in [0.1, 0.15) is 84.4 Å². The summed E-state index contributed by atoms with van der Waals surface area (Å²) in [6, 6.07) is 0. The molecule has 4 fully saturated rings. The van der Waals surface area contributed by atoms with E-state index in [-0.39, 0.29) is 6.10 Å². The molecule has 0 bridgehead atoms. The highest BCUT2D eigenvalue weighted by Crippen LogP contribution is 2.68. The van der Waals surface area contributed by atoms with Gasteiger partial charge in [-0.25, -0.2) is 4.98 Å². The first-order valence-electron chi connectivity index (χ1n) is 12.7. The summed E-state index contributed by atoms with van der Waals surface area (Å²) >= 11 is 0. The molecular formula is C26H42N2O3. The smallest absolute Gasteiger partial charge is 0.132 e. The normalized spacial score (nSPS) is 48.0. The third-order valence-corrected chi connectivity index (χ3v) is 10.6. The van der Waals surface area contributed by atoms with Crippen molar-refractivity contribution < 1.29 is 14.9 Å². The first kappa shape index (κ1) is 21.9. The van der Waals surface area contributed by atoms with Crippen LogP contribution in [0.15, 0.2) is 12.4 Å². The average Bonchev–Trinajstić information content (AvgIpc) is 3.36. The van der Waals surface area contributed by atoms with Gasteiger partial charge in [0.25, 0.3) is 0 Å². The zero-order chi connectivity index (χ0) is 21.9. The molecule has 0 spiro atoms. The minimum Gasteiger partial charge on any atom is -0.393 e. The highest BCUT2D eigenvalue weighted by atomic mass is 16.5. The number of H-pyrrole nitrogens is 1. The Hall–Kier alpha value is -0.910. The number of aliphatic hydroxyl groups is 2.